The summed E-state index contributed by atoms with van der Waals surface area (Å²) in [7, 11) is 0. The molecule has 3 N–H and O–H groups in total. The van der Waals surface area contributed by atoms with E-state index in [0.717, 1.165) is 6.42 Å². The number of hydrogen-bond acceptors (Lipinski definition) is 5. The molecule has 1 fully saturated rings. The SMILES string of the molecule is CC(C)CCNC(=O)NC(=O)CN1CC(C)OC(CO)C1. The van der Waals surface area contributed by atoms with Crippen LogP contribution in [0.1, 0.15) is 27.2 Å². The maximum Gasteiger partial charge on any atom is 0.321 e. The summed E-state index contributed by atoms with van der Waals surface area (Å²) in [5.74, 6) is 0.161. The average Bonchev–Trinajstić information content (AvgIpc) is 2.36. The summed E-state index contributed by atoms with van der Waals surface area (Å²) in [4.78, 5) is 25.2. The Kier molecular flexibility index (Phi) is 7.63. The first-order valence-corrected chi connectivity index (χ1v) is 7.47. The fourth-order valence-electron chi connectivity index (χ4n) is 2.26. The Bertz CT molecular complexity index is 349. The normalized spacial score (nSPS) is 23.1. The number of morpholine rings is 1. The lowest BCUT2D eigenvalue weighted by Gasteiger charge is -2.35. The average molecular weight is 301 g/mol. The molecule has 0 radical (unpaired) electrons. The zero-order chi connectivity index (χ0) is 15.8. The summed E-state index contributed by atoms with van der Waals surface area (Å²) in [6.45, 7) is 7.75. The molecule has 0 spiro atoms. The zero-order valence-corrected chi connectivity index (χ0v) is 13.1. The van der Waals surface area contributed by atoms with Gasteiger partial charge in [-0.1, -0.05) is 13.8 Å². The summed E-state index contributed by atoms with van der Waals surface area (Å²) in [5, 5.41) is 14.1. The molecule has 21 heavy (non-hydrogen) atoms. The van der Waals surface area contributed by atoms with Gasteiger partial charge in [-0.15, -0.1) is 0 Å². The number of rotatable bonds is 6. The van der Waals surface area contributed by atoms with Crippen molar-refractivity contribution >= 4 is 11.9 Å². The molecule has 1 aliphatic rings. The largest absolute Gasteiger partial charge is 0.394 e. The topological polar surface area (TPSA) is 90.9 Å². The maximum absolute atomic E-state index is 11.8. The second-order valence-corrected chi connectivity index (χ2v) is 5.93. The van der Waals surface area contributed by atoms with Crippen LogP contribution >= 0.6 is 0 Å². The summed E-state index contributed by atoms with van der Waals surface area (Å²) in [6.07, 6.45) is 0.561. The number of aliphatic hydroxyl groups excluding tert-OH is 1. The third-order valence-corrected chi connectivity index (χ3v) is 3.23. The fourth-order valence-corrected chi connectivity index (χ4v) is 2.26. The number of nitrogens with zero attached hydrogens (tertiary/aromatic N) is 1. The standard InChI is InChI=1S/C14H27N3O4/c1-10(2)4-5-15-14(20)16-13(19)8-17-6-11(3)21-12(7-17)9-18/h10-12,18H,4-9H2,1-3H3,(H2,15,16,19,20). The Morgan fingerprint density at radius 2 is 2.10 bits per heavy atom. The minimum absolute atomic E-state index is 0.0384. The third kappa shape index (κ3) is 7.40. The Morgan fingerprint density at radius 3 is 2.71 bits per heavy atom. The van der Waals surface area contributed by atoms with Gasteiger partial charge < -0.3 is 15.2 Å². The van der Waals surface area contributed by atoms with Crippen molar-refractivity contribution in [2.24, 2.45) is 5.92 Å². The molecule has 2 unspecified atom stereocenters. The predicted octanol–water partition coefficient (Wildman–Crippen LogP) is -0.0601. The Hall–Kier alpha value is -1.18. The molecule has 1 rings (SSSR count). The first-order valence-electron chi connectivity index (χ1n) is 7.47. The minimum Gasteiger partial charge on any atom is -0.394 e. The number of urea groups is 1. The number of carbonyl (C=O) groups excluding carboxylic acids is 2. The van der Waals surface area contributed by atoms with Crippen LogP contribution in [-0.2, 0) is 9.53 Å². The van der Waals surface area contributed by atoms with Crippen molar-refractivity contribution in [3.05, 3.63) is 0 Å². The number of imide groups is 1. The summed E-state index contributed by atoms with van der Waals surface area (Å²) in [5.41, 5.74) is 0. The van der Waals surface area contributed by atoms with Crippen LogP contribution in [0.3, 0.4) is 0 Å². The molecule has 122 valence electrons. The van der Waals surface area contributed by atoms with E-state index in [1.807, 2.05) is 11.8 Å². The van der Waals surface area contributed by atoms with Crippen LogP contribution in [0.25, 0.3) is 0 Å². The van der Waals surface area contributed by atoms with Crippen molar-refractivity contribution in [2.45, 2.75) is 39.4 Å². The number of nitrogens with one attached hydrogen (secondary N) is 2. The highest BCUT2D eigenvalue weighted by molar-refractivity contribution is 5.95. The van der Waals surface area contributed by atoms with E-state index in [9.17, 15) is 9.59 Å². The van der Waals surface area contributed by atoms with Crippen LogP contribution in [0.15, 0.2) is 0 Å². The highest BCUT2D eigenvalue weighted by atomic mass is 16.5. The smallest absolute Gasteiger partial charge is 0.321 e. The van der Waals surface area contributed by atoms with E-state index in [2.05, 4.69) is 24.5 Å². The monoisotopic (exact) mass is 301 g/mol. The van der Waals surface area contributed by atoms with Crippen molar-refractivity contribution in [2.75, 3.05) is 32.8 Å². The van der Waals surface area contributed by atoms with Gasteiger partial charge in [0.15, 0.2) is 0 Å². The number of ether oxygens (including phenoxy) is 1. The summed E-state index contributed by atoms with van der Waals surface area (Å²) in [6, 6.07) is -0.458. The van der Waals surface area contributed by atoms with Gasteiger partial charge in [-0.25, -0.2) is 4.79 Å². The van der Waals surface area contributed by atoms with Gasteiger partial charge in [0.1, 0.15) is 0 Å². The fraction of sp³-hybridized carbons (Fsp3) is 0.857. The van der Waals surface area contributed by atoms with E-state index in [1.165, 1.54) is 0 Å². The van der Waals surface area contributed by atoms with Crippen molar-refractivity contribution in [3.8, 4) is 0 Å². The minimum atomic E-state index is -0.458. The summed E-state index contributed by atoms with van der Waals surface area (Å²) < 4.78 is 5.50. The van der Waals surface area contributed by atoms with E-state index in [0.29, 0.717) is 25.6 Å². The summed E-state index contributed by atoms with van der Waals surface area (Å²) >= 11 is 0. The van der Waals surface area contributed by atoms with Gasteiger partial charge in [-0.3, -0.25) is 15.0 Å². The number of amides is 3. The van der Waals surface area contributed by atoms with Crippen molar-refractivity contribution in [3.63, 3.8) is 0 Å². The molecule has 0 saturated carbocycles. The van der Waals surface area contributed by atoms with Crippen molar-refractivity contribution in [1.82, 2.24) is 15.5 Å². The molecule has 7 heteroatoms. The van der Waals surface area contributed by atoms with Crippen LogP contribution in [0.2, 0.25) is 0 Å². The number of carbonyl (C=O) groups is 2. The molecule has 0 aromatic heterocycles. The highest BCUT2D eigenvalue weighted by Gasteiger charge is 2.26. The number of aliphatic hydroxyl groups is 1. The van der Waals surface area contributed by atoms with E-state index in [-0.39, 0.29) is 31.3 Å². The molecular formula is C14H27N3O4. The quantitative estimate of drug-likeness (QED) is 0.639. The molecular weight excluding hydrogens is 274 g/mol. The van der Waals surface area contributed by atoms with Gasteiger partial charge in [0, 0.05) is 19.6 Å². The van der Waals surface area contributed by atoms with Crippen molar-refractivity contribution < 1.29 is 19.4 Å². The van der Waals surface area contributed by atoms with Crippen LogP contribution < -0.4 is 10.6 Å². The predicted molar refractivity (Wildman–Crippen MR) is 78.9 cm³/mol. The van der Waals surface area contributed by atoms with Gasteiger partial charge in [0.2, 0.25) is 5.91 Å². The van der Waals surface area contributed by atoms with Crippen molar-refractivity contribution in [1.29, 1.82) is 0 Å². The lowest BCUT2D eigenvalue weighted by Crippen LogP contribution is -2.52. The van der Waals surface area contributed by atoms with E-state index < -0.39 is 6.03 Å². The lowest BCUT2D eigenvalue weighted by atomic mass is 10.1. The molecule has 0 aliphatic carbocycles. The maximum atomic E-state index is 11.8. The van der Waals surface area contributed by atoms with Crippen LogP contribution in [0.5, 0.6) is 0 Å². The molecule has 7 nitrogen and oxygen atoms in total. The Labute approximate surface area is 126 Å². The second kappa shape index (κ2) is 8.96. The van der Waals surface area contributed by atoms with Gasteiger partial charge in [-0.05, 0) is 19.3 Å². The Balaban J connectivity index is 2.27. The van der Waals surface area contributed by atoms with Gasteiger partial charge in [-0.2, -0.15) is 0 Å². The molecule has 0 bridgehead atoms. The molecule has 0 aromatic carbocycles. The molecule has 0 aromatic rings. The molecule has 3 amide bonds. The first-order chi connectivity index (χ1) is 9.90. The molecule has 1 saturated heterocycles. The van der Waals surface area contributed by atoms with Gasteiger partial charge in [0.05, 0.1) is 25.4 Å². The highest BCUT2D eigenvalue weighted by Crippen LogP contribution is 2.10. The van der Waals surface area contributed by atoms with Crippen LogP contribution in [0.4, 0.5) is 4.79 Å². The third-order valence-electron chi connectivity index (χ3n) is 3.23. The molecule has 1 heterocycles. The van der Waals surface area contributed by atoms with Crippen LogP contribution in [-0.4, -0.2) is 66.9 Å². The molecule has 1 aliphatic heterocycles. The van der Waals surface area contributed by atoms with Crippen LogP contribution in [0, 0.1) is 5.92 Å². The van der Waals surface area contributed by atoms with Gasteiger partial charge >= 0.3 is 6.03 Å². The molecule has 2 atom stereocenters. The van der Waals surface area contributed by atoms with E-state index in [1.54, 1.807) is 0 Å². The lowest BCUT2D eigenvalue weighted by molar-refractivity contribution is -0.127. The zero-order valence-electron chi connectivity index (χ0n) is 13.1. The van der Waals surface area contributed by atoms with E-state index in [4.69, 9.17) is 9.84 Å². The number of hydrogen-bond donors (Lipinski definition) is 3. The van der Waals surface area contributed by atoms with E-state index >= 15 is 0 Å². The van der Waals surface area contributed by atoms with Gasteiger partial charge in [0.25, 0.3) is 0 Å². The Morgan fingerprint density at radius 1 is 1.38 bits per heavy atom. The second-order valence-electron chi connectivity index (χ2n) is 5.93. The first kappa shape index (κ1) is 17.9.